The van der Waals surface area contributed by atoms with E-state index in [-0.39, 0.29) is 23.7 Å². The third-order valence-electron chi connectivity index (χ3n) is 3.61. The fourth-order valence-electron chi connectivity index (χ4n) is 2.34. The Labute approximate surface area is 120 Å². The monoisotopic (exact) mass is 292 g/mol. The van der Waals surface area contributed by atoms with Gasteiger partial charge in [0.05, 0.1) is 11.8 Å². The Hall–Kier alpha value is -1.78. The summed E-state index contributed by atoms with van der Waals surface area (Å²) >= 11 is 1.24. The highest BCUT2D eigenvalue weighted by Gasteiger charge is 2.30. The van der Waals surface area contributed by atoms with Gasteiger partial charge in [0.2, 0.25) is 0 Å². The van der Waals surface area contributed by atoms with Gasteiger partial charge in [0, 0.05) is 19.1 Å². The van der Waals surface area contributed by atoms with Crippen molar-refractivity contribution in [2.45, 2.75) is 31.4 Å². The lowest BCUT2D eigenvalue weighted by Gasteiger charge is -2.15. The lowest BCUT2D eigenvalue weighted by molar-refractivity contribution is 0.0956. The van der Waals surface area contributed by atoms with Crippen molar-refractivity contribution in [1.82, 2.24) is 5.32 Å². The van der Waals surface area contributed by atoms with Crippen molar-refractivity contribution in [2.75, 3.05) is 23.7 Å². The maximum atomic E-state index is 12.1. The number of carbonyl (C=O) groups is 1. The van der Waals surface area contributed by atoms with E-state index in [0.717, 1.165) is 12.8 Å². The zero-order valence-electron chi connectivity index (χ0n) is 10.9. The minimum atomic E-state index is -0.381. The SMILES string of the molecule is N#Cc1c(N2CCC(O)C2)sc(C(=O)NC2CC2)c1N. The number of rotatable bonds is 3. The topological polar surface area (TPSA) is 102 Å². The molecule has 0 bridgehead atoms. The van der Waals surface area contributed by atoms with Gasteiger partial charge in [-0.3, -0.25) is 4.79 Å². The Kier molecular flexibility index (Phi) is 3.28. The summed E-state index contributed by atoms with van der Waals surface area (Å²) < 4.78 is 0. The first-order valence-electron chi connectivity index (χ1n) is 6.66. The van der Waals surface area contributed by atoms with Crippen molar-refractivity contribution in [2.24, 2.45) is 0 Å². The molecule has 1 unspecified atom stereocenters. The van der Waals surface area contributed by atoms with Gasteiger partial charge >= 0.3 is 0 Å². The summed E-state index contributed by atoms with van der Waals surface area (Å²) in [6, 6.07) is 2.34. The summed E-state index contributed by atoms with van der Waals surface area (Å²) in [7, 11) is 0. The third kappa shape index (κ3) is 2.32. The van der Waals surface area contributed by atoms with Gasteiger partial charge in [-0.1, -0.05) is 0 Å². The molecule has 0 radical (unpaired) electrons. The number of nitrogen functional groups attached to an aromatic ring is 1. The Morgan fingerprint density at radius 2 is 2.25 bits per heavy atom. The first-order chi connectivity index (χ1) is 9.60. The number of hydrogen-bond acceptors (Lipinski definition) is 6. The van der Waals surface area contributed by atoms with Crippen LogP contribution in [0.15, 0.2) is 0 Å². The molecule has 0 aromatic carbocycles. The van der Waals surface area contributed by atoms with E-state index in [1.54, 1.807) is 0 Å². The van der Waals surface area contributed by atoms with E-state index in [4.69, 9.17) is 5.73 Å². The average molecular weight is 292 g/mol. The van der Waals surface area contributed by atoms with Crippen LogP contribution in [-0.2, 0) is 0 Å². The molecule has 1 amide bonds. The van der Waals surface area contributed by atoms with Crippen molar-refractivity contribution >= 4 is 27.9 Å². The summed E-state index contributed by atoms with van der Waals surface area (Å²) in [6.45, 7) is 1.16. The molecular formula is C13H16N4O2S. The molecular weight excluding hydrogens is 276 g/mol. The molecule has 4 N–H and O–H groups in total. The number of aliphatic hydroxyl groups is 1. The number of nitrogens with one attached hydrogen (secondary N) is 1. The van der Waals surface area contributed by atoms with Gasteiger partial charge in [0.25, 0.3) is 5.91 Å². The maximum absolute atomic E-state index is 12.1. The average Bonchev–Trinajstić information content (AvgIpc) is 3.01. The summed E-state index contributed by atoms with van der Waals surface area (Å²) in [5.74, 6) is -0.197. The van der Waals surface area contributed by atoms with E-state index in [0.29, 0.717) is 35.0 Å². The molecule has 106 valence electrons. The number of hydrogen-bond donors (Lipinski definition) is 3. The number of anilines is 2. The number of thiophene rings is 1. The van der Waals surface area contributed by atoms with E-state index in [2.05, 4.69) is 11.4 Å². The van der Waals surface area contributed by atoms with E-state index >= 15 is 0 Å². The number of carbonyl (C=O) groups excluding carboxylic acids is 1. The standard InChI is InChI=1S/C13H16N4O2S/c14-5-9-10(15)11(12(19)16-7-1-2-7)20-13(9)17-4-3-8(18)6-17/h7-8,18H,1-4,6,15H2,(H,16,19). The Bertz CT molecular complexity index is 588. The molecule has 2 fully saturated rings. The molecule has 7 heteroatoms. The lowest BCUT2D eigenvalue weighted by atomic mass is 10.2. The zero-order chi connectivity index (χ0) is 14.3. The normalized spacial score (nSPS) is 21.8. The highest BCUT2D eigenvalue weighted by Crippen LogP contribution is 2.39. The van der Waals surface area contributed by atoms with E-state index < -0.39 is 0 Å². The molecule has 2 aliphatic rings. The molecule has 6 nitrogen and oxygen atoms in total. The Balaban J connectivity index is 1.90. The van der Waals surface area contributed by atoms with Crippen LogP contribution in [0.1, 0.15) is 34.5 Å². The summed E-state index contributed by atoms with van der Waals surface area (Å²) in [5, 5.41) is 22.5. The van der Waals surface area contributed by atoms with Crippen LogP contribution in [-0.4, -0.2) is 36.2 Å². The van der Waals surface area contributed by atoms with Gasteiger partial charge in [-0.05, 0) is 19.3 Å². The number of nitrogens with zero attached hydrogens (tertiary/aromatic N) is 2. The fraction of sp³-hybridized carbons (Fsp3) is 0.538. The predicted molar refractivity (Wildman–Crippen MR) is 76.8 cm³/mol. The fourth-order valence-corrected chi connectivity index (χ4v) is 3.45. The highest BCUT2D eigenvalue weighted by molar-refractivity contribution is 7.19. The van der Waals surface area contributed by atoms with Crippen LogP contribution in [0.5, 0.6) is 0 Å². The molecule has 1 saturated heterocycles. The van der Waals surface area contributed by atoms with Crippen molar-refractivity contribution in [3.8, 4) is 6.07 Å². The van der Waals surface area contributed by atoms with Crippen LogP contribution >= 0.6 is 11.3 Å². The number of nitriles is 1. The van der Waals surface area contributed by atoms with Crippen LogP contribution in [0, 0.1) is 11.3 Å². The Morgan fingerprint density at radius 1 is 1.50 bits per heavy atom. The predicted octanol–water partition coefficient (Wildman–Crippen LogP) is 0.665. The second-order valence-electron chi connectivity index (χ2n) is 5.27. The van der Waals surface area contributed by atoms with Crippen molar-refractivity contribution in [3.05, 3.63) is 10.4 Å². The van der Waals surface area contributed by atoms with Gasteiger partial charge in [0.15, 0.2) is 0 Å². The molecule has 1 aliphatic carbocycles. The molecule has 1 aromatic rings. The third-order valence-corrected chi connectivity index (χ3v) is 4.87. The van der Waals surface area contributed by atoms with Crippen LogP contribution < -0.4 is 16.0 Å². The van der Waals surface area contributed by atoms with Crippen LogP contribution in [0.2, 0.25) is 0 Å². The molecule has 1 aliphatic heterocycles. The summed E-state index contributed by atoms with van der Waals surface area (Å²) in [6.07, 6.45) is 2.31. The number of amides is 1. The van der Waals surface area contributed by atoms with Gasteiger partial charge in [-0.2, -0.15) is 5.26 Å². The Morgan fingerprint density at radius 3 is 2.80 bits per heavy atom. The number of aliphatic hydroxyl groups excluding tert-OH is 1. The van der Waals surface area contributed by atoms with Crippen molar-refractivity contribution in [3.63, 3.8) is 0 Å². The van der Waals surface area contributed by atoms with E-state index in [1.807, 2.05) is 4.90 Å². The maximum Gasteiger partial charge on any atom is 0.263 e. The molecule has 20 heavy (non-hydrogen) atoms. The van der Waals surface area contributed by atoms with E-state index in [9.17, 15) is 15.2 Å². The number of nitrogens with two attached hydrogens (primary N) is 1. The van der Waals surface area contributed by atoms with Gasteiger partial charge in [-0.15, -0.1) is 11.3 Å². The van der Waals surface area contributed by atoms with Gasteiger partial charge in [-0.25, -0.2) is 0 Å². The quantitative estimate of drug-likeness (QED) is 0.759. The zero-order valence-corrected chi connectivity index (χ0v) is 11.7. The van der Waals surface area contributed by atoms with Crippen LogP contribution in [0.4, 0.5) is 10.7 Å². The molecule has 0 spiro atoms. The van der Waals surface area contributed by atoms with Crippen molar-refractivity contribution in [1.29, 1.82) is 5.26 Å². The van der Waals surface area contributed by atoms with Crippen molar-refractivity contribution < 1.29 is 9.90 Å². The summed E-state index contributed by atoms with van der Waals surface area (Å²) in [5.41, 5.74) is 6.56. The largest absolute Gasteiger partial charge is 0.396 e. The molecule has 1 atom stereocenters. The van der Waals surface area contributed by atoms with Gasteiger partial charge < -0.3 is 21.1 Å². The molecule has 1 saturated carbocycles. The summed E-state index contributed by atoms with van der Waals surface area (Å²) in [4.78, 5) is 14.5. The first-order valence-corrected chi connectivity index (χ1v) is 7.48. The van der Waals surface area contributed by atoms with E-state index in [1.165, 1.54) is 11.3 Å². The van der Waals surface area contributed by atoms with Gasteiger partial charge in [0.1, 0.15) is 21.5 Å². The molecule has 3 rings (SSSR count). The second kappa shape index (κ2) is 4.96. The minimum Gasteiger partial charge on any atom is -0.396 e. The second-order valence-corrected chi connectivity index (χ2v) is 6.27. The lowest BCUT2D eigenvalue weighted by Crippen LogP contribution is -2.25. The molecule has 1 aromatic heterocycles. The number of β-amino-alcohol motifs (C(OH)–C–C–N with tert-alkyl or cyclic N) is 1. The van der Waals surface area contributed by atoms with Crippen LogP contribution in [0.3, 0.4) is 0 Å². The minimum absolute atomic E-state index is 0.197. The van der Waals surface area contributed by atoms with Crippen LogP contribution in [0.25, 0.3) is 0 Å². The molecule has 2 heterocycles. The first kappa shape index (κ1) is 13.2. The smallest absolute Gasteiger partial charge is 0.263 e. The highest BCUT2D eigenvalue weighted by atomic mass is 32.1.